The lowest BCUT2D eigenvalue weighted by Gasteiger charge is -2.32. The molecule has 14 atom stereocenters. The highest BCUT2D eigenvalue weighted by molar-refractivity contribution is 7.98. The molecule has 2 fully saturated rings. The lowest BCUT2D eigenvalue weighted by Crippen LogP contribution is -2.62. The molecule has 524 valence electrons. The van der Waals surface area contributed by atoms with Crippen LogP contribution in [-0.4, -0.2) is 230 Å². The monoisotopic (exact) mass is 1340 g/mol. The van der Waals surface area contributed by atoms with Crippen molar-refractivity contribution in [1.29, 1.82) is 0 Å². The SMILES string of the molecule is C.CCC(C)C(NC(=O)C(CO)NC(=O)C(Cc1ccccc1)NC(=O)C(CO)NC(=O)C(N)C(C)O)C(=O)NC(CC(C)C)C(=O)NC(CCSC)C(=O)NC(CO)C(=O)N1CCCC1C(=O)NC(Cc1ccccc1)C(=O)NC(C(=O)N1CCCC1C(=O)O)C(C)C. The fourth-order valence-electron chi connectivity index (χ4n) is 10.7. The van der Waals surface area contributed by atoms with Gasteiger partial charge in [0.25, 0.3) is 0 Å². The molecular weight excluding hydrogens is 1240 g/mol. The van der Waals surface area contributed by atoms with Crippen LogP contribution in [-0.2, 0) is 70.4 Å². The number of nitrogens with two attached hydrogens (primary N) is 1. The average molecular weight is 1340 g/mol. The first-order chi connectivity index (χ1) is 44.1. The van der Waals surface area contributed by atoms with Crippen molar-refractivity contribution in [3.8, 4) is 0 Å². The number of rotatable bonds is 37. The molecule has 4 rings (SSSR count). The summed E-state index contributed by atoms with van der Waals surface area (Å²) in [4.78, 5) is 168. The molecule has 11 amide bonds. The van der Waals surface area contributed by atoms with Crippen LogP contribution in [0.15, 0.2) is 60.7 Å². The molecule has 94 heavy (non-hydrogen) atoms. The van der Waals surface area contributed by atoms with Gasteiger partial charge in [0.05, 0.1) is 25.9 Å². The van der Waals surface area contributed by atoms with Crippen LogP contribution in [0.4, 0.5) is 0 Å². The number of thioether (sulfide) groups is 1. The van der Waals surface area contributed by atoms with Crippen molar-refractivity contribution in [2.24, 2.45) is 23.5 Å². The maximum Gasteiger partial charge on any atom is 0.326 e. The molecule has 0 radical (unpaired) electrons. The van der Waals surface area contributed by atoms with Crippen molar-refractivity contribution in [2.75, 3.05) is 44.9 Å². The summed E-state index contributed by atoms with van der Waals surface area (Å²) in [5, 5.41) is 73.8. The van der Waals surface area contributed by atoms with Crippen molar-refractivity contribution < 1.29 is 83.1 Å². The molecule has 0 aromatic heterocycles. The molecule has 2 heterocycles. The zero-order valence-corrected chi connectivity index (χ0v) is 54.9. The van der Waals surface area contributed by atoms with Gasteiger partial charge in [0, 0.05) is 25.9 Å². The summed E-state index contributed by atoms with van der Waals surface area (Å²) in [6, 6.07) is 0.379. The molecule has 16 N–H and O–H groups in total. The number of likely N-dealkylation sites (tertiary alicyclic amines) is 2. The van der Waals surface area contributed by atoms with E-state index in [4.69, 9.17) is 5.73 Å². The van der Waals surface area contributed by atoms with Crippen LogP contribution in [0.5, 0.6) is 0 Å². The maximum absolute atomic E-state index is 14.4. The Morgan fingerprint density at radius 1 is 0.532 bits per heavy atom. The Morgan fingerprint density at radius 2 is 0.947 bits per heavy atom. The van der Waals surface area contributed by atoms with Crippen LogP contribution in [0.2, 0.25) is 0 Å². The third-order valence-electron chi connectivity index (χ3n) is 16.3. The van der Waals surface area contributed by atoms with Crippen molar-refractivity contribution in [3.05, 3.63) is 71.8 Å². The molecule has 30 heteroatoms. The Labute approximate surface area is 553 Å². The maximum atomic E-state index is 14.4. The van der Waals surface area contributed by atoms with E-state index in [9.17, 15) is 83.1 Å². The highest BCUT2D eigenvalue weighted by Gasteiger charge is 2.43. The van der Waals surface area contributed by atoms with E-state index in [1.54, 1.807) is 108 Å². The van der Waals surface area contributed by atoms with Gasteiger partial charge in [-0.15, -0.1) is 0 Å². The van der Waals surface area contributed by atoms with Crippen molar-refractivity contribution in [2.45, 2.75) is 192 Å². The number of hydrogen-bond donors (Lipinski definition) is 15. The molecule has 14 unspecified atom stereocenters. The van der Waals surface area contributed by atoms with E-state index in [0.717, 1.165) is 0 Å². The number of aliphatic carboxylic acids is 1. The van der Waals surface area contributed by atoms with Gasteiger partial charge >= 0.3 is 5.97 Å². The van der Waals surface area contributed by atoms with Crippen LogP contribution in [0.25, 0.3) is 0 Å². The van der Waals surface area contributed by atoms with Gasteiger partial charge in [-0.25, -0.2) is 4.79 Å². The number of carboxylic acid groups (broad SMARTS) is 1. The van der Waals surface area contributed by atoms with E-state index in [-0.39, 0.29) is 65.0 Å². The summed E-state index contributed by atoms with van der Waals surface area (Å²) in [5.41, 5.74) is 6.88. The van der Waals surface area contributed by atoms with Gasteiger partial charge < -0.3 is 88.9 Å². The number of aliphatic hydroxyl groups excluding tert-OH is 4. The first kappa shape index (κ1) is 80.5. The molecule has 2 aliphatic heterocycles. The molecule has 2 aromatic carbocycles. The lowest BCUT2D eigenvalue weighted by atomic mass is 9.96. The molecule has 0 aliphatic carbocycles. The molecule has 2 saturated heterocycles. The summed E-state index contributed by atoms with van der Waals surface area (Å²) in [6.45, 7) is 8.89. The van der Waals surface area contributed by atoms with E-state index >= 15 is 0 Å². The van der Waals surface area contributed by atoms with Gasteiger partial charge in [-0.05, 0) is 86.3 Å². The number of nitrogens with zero attached hydrogens (tertiary/aromatic N) is 2. The molecule has 29 nitrogen and oxygen atoms in total. The van der Waals surface area contributed by atoms with Crippen LogP contribution >= 0.6 is 11.8 Å². The summed E-state index contributed by atoms with van der Waals surface area (Å²) in [7, 11) is 0. The fraction of sp³-hybridized carbons (Fsp3) is 0.625. The molecule has 2 aliphatic rings. The fourth-order valence-corrected chi connectivity index (χ4v) is 11.2. The van der Waals surface area contributed by atoms with E-state index in [0.29, 0.717) is 36.1 Å². The van der Waals surface area contributed by atoms with Crippen LogP contribution in [0, 0.1) is 17.8 Å². The Morgan fingerprint density at radius 3 is 1.44 bits per heavy atom. The summed E-state index contributed by atoms with van der Waals surface area (Å²) in [5.74, 6) is -11.7. The molecule has 0 spiro atoms. The number of carbonyl (C=O) groups is 12. The standard InChI is InChI=1S/C63H96N12O17S.CH4/c1-9-36(6)51(73-57(85)45(32-77)69-54(82)42(29-38-18-12-10-13-19-38)66-56(84)44(31-76)70-59(87)49(64)37(7)79)60(88)68-41(28-34(2)3)53(81)65-40(24-27-93-8)52(80)71-46(33-78)61(89)74-25-16-22-47(74)58(86)67-43(30-39-20-14-11-15-21-39)55(83)72-50(35(4)5)62(90)75-26-17-23-48(75)63(91)92;/h10-15,18-21,34-37,40-51,76-79H,9,16-17,22-33,64H2,1-8H3,(H,65,81)(H,66,84)(H,67,86)(H,68,88)(H,69,82)(H,70,87)(H,71,80)(H,72,83)(H,73,85)(H,91,92);1H4. The van der Waals surface area contributed by atoms with Gasteiger partial charge in [-0.1, -0.05) is 116 Å². The second-order valence-corrected chi connectivity index (χ2v) is 25.3. The van der Waals surface area contributed by atoms with Crippen molar-refractivity contribution in [3.63, 3.8) is 0 Å². The smallest absolute Gasteiger partial charge is 0.326 e. The molecular formula is C64H100N12O17S. The quantitative estimate of drug-likeness (QED) is 0.0339. The number of amides is 11. The van der Waals surface area contributed by atoms with Crippen LogP contribution in [0.3, 0.4) is 0 Å². The van der Waals surface area contributed by atoms with E-state index in [2.05, 4.69) is 47.9 Å². The average Bonchev–Trinajstić information content (AvgIpc) is 1.60. The highest BCUT2D eigenvalue weighted by atomic mass is 32.2. The Kier molecular flexibility index (Phi) is 34.1. The largest absolute Gasteiger partial charge is 0.480 e. The normalized spacial score (nSPS) is 18.3. The predicted molar refractivity (Wildman–Crippen MR) is 349 cm³/mol. The van der Waals surface area contributed by atoms with Crippen molar-refractivity contribution >= 4 is 82.7 Å². The van der Waals surface area contributed by atoms with Crippen LogP contribution in [0.1, 0.15) is 112 Å². The van der Waals surface area contributed by atoms with Crippen LogP contribution < -0.4 is 53.6 Å². The Balaban J connectivity index is 0.0000230. The number of carbonyl (C=O) groups excluding carboxylic acids is 11. The van der Waals surface area contributed by atoms with E-state index in [1.165, 1.54) is 28.5 Å². The Hall–Kier alpha value is -7.77. The molecule has 2 aromatic rings. The number of aliphatic hydroxyl groups is 4. The minimum Gasteiger partial charge on any atom is -0.480 e. The van der Waals surface area contributed by atoms with Gasteiger partial charge in [0.1, 0.15) is 72.5 Å². The minimum atomic E-state index is -1.73. The highest BCUT2D eigenvalue weighted by Crippen LogP contribution is 2.23. The predicted octanol–water partition coefficient (Wildman–Crippen LogP) is -2.28. The third-order valence-corrected chi connectivity index (χ3v) is 17.0. The summed E-state index contributed by atoms with van der Waals surface area (Å²) < 4.78 is 0. The summed E-state index contributed by atoms with van der Waals surface area (Å²) >= 11 is 1.34. The Bertz CT molecular complexity index is 2860. The van der Waals surface area contributed by atoms with Gasteiger partial charge in [0.15, 0.2) is 0 Å². The molecule has 0 bridgehead atoms. The molecule has 0 saturated carbocycles. The van der Waals surface area contributed by atoms with E-state index in [1.807, 2.05) is 0 Å². The summed E-state index contributed by atoms with van der Waals surface area (Å²) in [6.07, 6.45) is 1.72. The van der Waals surface area contributed by atoms with E-state index < -0.39 is 181 Å². The topological polar surface area (TPSA) is 447 Å². The lowest BCUT2D eigenvalue weighted by molar-refractivity contribution is -0.150. The zero-order valence-electron chi connectivity index (χ0n) is 54.1. The number of nitrogens with one attached hydrogen (secondary N) is 9. The second-order valence-electron chi connectivity index (χ2n) is 24.4. The first-order valence-electron chi connectivity index (χ1n) is 31.5. The van der Waals surface area contributed by atoms with Gasteiger partial charge in [0.2, 0.25) is 65.0 Å². The number of benzene rings is 2. The minimum absolute atomic E-state index is 0. The third kappa shape index (κ3) is 23.9. The number of carboxylic acids is 1. The van der Waals surface area contributed by atoms with Gasteiger partial charge in [-0.3, -0.25) is 52.7 Å². The first-order valence-corrected chi connectivity index (χ1v) is 32.9. The number of hydrogen-bond acceptors (Lipinski definition) is 18. The second kappa shape index (κ2) is 39.8. The van der Waals surface area contributed by atoms with Crippen molar-refractivity contribution in [1.82, 2.24) is 57.7 Å². The van der Waals surface area contributed by atoms with Gasteiger partial charge in [-0.2, -0.15) is 11.8 Å². The zero-order chi connectivity index (χ0) is 69.2.